The molecular formula is C15H20F3N5O. The van der Waals surface area contributed by atoms with Gasteiger partial charge in [-0.1, -0.05) is 0 Å². The Morgan fingerprint density at radius 3 is 2.42 bits per heavy atom. The van der Waals surface area contributed by atoms with E-state index in [1.165, 1.54) is 11.9 Å². The number of likely N-dealkylation sites (N-methyl/N-ethyl adjacent to an activating group) is 1. The second kappa shape index (κ2) is 5.30. The van der Waals surface area contributed by atoms with Gasteiger partial charge in [0.05, 0.1) is 6.20 Å². The number of halogens is 3. The lowest BCUT2D eigenvalue weighted by atomic mass is 10.00. The number of alkyl halides is 3. The first-order valence-electron chi connectivity index (χ1n) is 7.73. The fourth-order valence-corrected chi connectivity index (χ4v) is 3.12. The number of aromatic nitrogens is 2. The van der Waals surface area contributed by atoms with Gasteiger partial charge in [-0.05, 0) is 20.8 Å². The Hall–Kier alpha value is -1.90. The third kappa shape index (κ3) is 2.70. The number of carbonyl (C=O) groups excluding carboxylic acids is 1. The van der Waals surface area contributed by atoms with Crippen LogP contribution in [0.5, 0.6) is 0 Å². The van der Waals surface area contributed by atoms with Crippen LogP contribution in [0.3, 0.4) is 0 Å². The van der Waals surface area contributed by atoms with Crippen LogP contribution >= 0.6 is 0 Å². The lowest BCUT2D eigenvalue weighted by Crippen LogP contribution is -2.65. The number of fused-ring (bicyclic) bond motifs is 3. The molecule has 0 spiro atoms. The number of hydrogen-bond donors (Lipinski definition) is 0. The molecular weight excluding hydrogens is 323 g/mol. The van der Waals surface area contributed by atoms with Crippen molar-refractivity contribution >= 4 is 17.5 Å². The number of carbonyl (C=O) groups is 1. The molecule has 132 valence electrons. The number of nitrogens with zero attached hydrogens (tertiary/aromatic N) is 5. The summed E-state index contributed by atoms with van der Waals surface area (Å²) in [5, 5.41) is 0. The first-order chi connectivity index (χ1) is 11.0. The number of rotatable bonds is 0. The largest absolute Gasteiger partial charge is 0.434 e. The molecule has 0 aliphatic carbocycles. The Morgan fingerprint density at radius 1 is 1.17 bits per heavy atom. The molecule has 1 amide bonds. The minimum absolute atomic E-state index is 0.0321. The van der Waals surface area contributed by atoms with Crippen LogP contribution in [-0.4, -0.2) is 59.0 Å². The van der Waals surface area contributed by atoms with Crippen LogP contribution in [-0.2, 0) is 11.0 Å². The summed E-state index contributed by atoms with van der Waals surface area (Å²) >= 11 is 0. The minimum Gasteiger partial charge on any atom is -0.339 e. The molecule has 1 fully saturated rings. The molecule has 6 nitrogen and oxygen atoms in total. The number of piperazine rings is 1. The van der Waals surface area contributed by atoms with Gasteiger partial charge < -0.3 is 4.90 Å². The van der Waals surface area contributed by atoms with Gasteiger partial charge in [-0.3, -0.25) is 14.6 Å². The molecule has 9 heteroatoms. The van der Waals surface area contributed by atoms with Gasteiger partial charge in [0.25, 0.3) is 5.91 Å². The average Bonchev–Trinajstić information content (AvgIpc) is 2.49. The normalized spacial score (nSPS) is 22.5. The highest BCUT2D eigenvalue weighted by atomic mass is 19.4. The van der Waals surface area contributed by atoms with Gasteiger partial charge in [0, 0.05) is 32.2 Å². The Balaban J connectivity index is 1.99. The SMILES string of the molecule is CN1C(=O)[C@@H]2CN(C(C)(C)C)CCN2c2ncc(C(F)(F)F)nc21. The summed E-state index contributed by atoms with van der Waals surface area (Å²) in [6.45, 7) is 7.96. The molecule has 0 radical (unpaired) electrons. The van der Waals surface area contributed by atoms with Crippen molar-refractivity contribution in [3.63, 3.8) is 0 Å². The molecule has 3 heterocycles. The van der Waals surface area contributed by atoms with Crippen molar-refractivity contribution in [1.82, 2.24) is 14.9 Å². The summed E-state index contributed by atoms with van der Waals surface area (Å²) in [5.41, 5.74) is -1.18. The van der Waals surface area contributed by atoms with E-state index >= 15 is 0 Å². The van der Waals surface area contributed by atoms with Gasteiger partial charge in [0.1, 0.15) is 6.04 Å². The molecule has 1 saturated heterocycles. The third-order valence-corrected chi connectivity index (χ3v) is 4.56. The van der Waals surface area contributed by atoms with Crippen molar-refractivity contribution in [1.29, 1.82) is 0 Å². The van der Waals surface area contributed by atoms with E-state index in [2.05, 4.69) is 35.6 Å². The average molecular weight is 343 g/mol. The highest BCUT2D eigenvalue weighted by Gasteiger charge is 2.45. The van der Waals surface area contributed by atoms with Gasteiger partial charge in [-0.25, -0.2) is 9.97 Å². The first-order valence-corrected chi connectivity index (χ1v) is 7.73. The van der Waals surface area contributed by atoms with Crippen molar-refractivity contribution in [3.8, 4) is 0 Å². The van der Waals surface area contributed by atoms with E-state index in [0.29, 0.717) is 25.5 Å². The van der Waals surface area contributed by atoms with Crippen molar-refractivity contribution in [2.45, 2.75) is 38.5 Å². The second-order valence-corrected chi connectivity index (χ2v) is 7.12. The van der Waals surface area contributed by atoms with E-state index in [4.69, 9.17) is 0 Å². The Bertz CT molecular complexity index is 670. The summed E-state index contributed by atoms with van der Waals surface area (Å²) in [5.74, 6) is 0.0454. The second-order valence-electron chi connectivity index (χ2n) is 7.12. The van der Waals surface area contributed by atoms with Crippen molar-refractivity contribution in [2.24, 2.45) is 0 Å². The van der Waals surface area contributed by atoms with Crippen molar-refractivity contribution < 1.29 is 18.0 Å². The number of amides is 1. The smallest absolute Gasteiger partial charge is 0.339 e. The monoisotopic (exact) mass is 343 g/mol. The Kier molecular flexibility index (Phi) is 3.74. The zero-order chi connectivity index (χ0) is 17.9. The maximum Gasteiger partial charge on any atom is 0.434 e. The molecule has 0 bridgehead atoms. The van der Waals surface area contributed by atoms with Gasteiger partial charge in [0.15, 0.2) is 17.3 Å². The van der Waals surface area contributed by atoms with E-state index in [1.807, 2.05) is 0 Å². The summed E-state index contributed by atoms with van der Waals surface area (Å²) < 4.78 is 38.6. The fraction of sp³-hybridized carbons (Fsp3) is 0.667. The summed E-state index contributed by atoms with van der Waals surface area (Å²) in [6.07, 6.45) is -3.86. The molecule has 1 atom stereocenters. The number of anilines is 2. The Morgan fingerprint density at radius 2 is 1.83 bits per heavy atom. The standard InChI is InChI=1S/C15H20F3N5O/c1-14(2,3)22-5-6-23-9(8-22)13(24)21(4)12-11(23)19-7-10(20-12)15(16,17)18/h7,9H,5-6,8H2,1-4H3/t9-/m0/s1. The molecule has 24 heavy (non-hydrogen) atoms. The molecule has 0 saturated carbocycles. The maximum atomic E-state index is 12.9. The molecule has 0 unspecified atom stereocenters. The van der Waals surface area contributed by atoms with Gasteiger partial charge in [-0.2, -0.15) is 13.2 Å². The topological polar surface area (TPSA) is 52.6 Å². The predicted octanol–water partition coefficient (Wildman–Crippen LogP) is 1.76. The predicted molar refractivity (Wildman–Crippen MR) is 82.9 cm³/mol. The van der Waals surface area contributed by atoms with Crippen LogP contribution in [0.2, 0.25) is 0 Å². The summed E-state index contributed by atoms with van der Waals surface area (Å²) in [7, 11) is 1.45. The highest BCUT2D eigenvalue weighted by Crippen LogP contribution is 2.37. The summed E-state index contributed by atoms with van der Waals surface area (Å²) in [4.78, 5) is 25.4. The zero-order valence-corrected chi connectivity index (χ0v) is 14.1. The van der Waals surface area contributed by atoms with Crippen LogP contribution in [0, 0.1) is 0 Å². The zero-order valence-electron chi connectivity index (χ0n) is 14.1. The van der Waals surface area contributed by atoms with Crippen LogP contribution < -0.4 is 9.80 Å². The van der Waals surface area contributed by atoms with E-state index in [0.717, 1.165) is 6.20 Å². The molecule has 1 aromatic heterocycles. The van der Waals surface area contributed by atoms with Crippen LogP contribution in [0.15, 0.2) is 6.20 Å². The third-order valence-electron chi connectivity index (χ3n) is 4.56. The van der Waals surface area contributed by atoms with E-state index in [1.54, 1.807) is 4.90 Å². The highest BCUT2D eigenvalue weighted by molar-refractivity contribution is 6.03. The lowest BCUT2D eigenvalue weighted by molar-refractivity contribution is -0.141. The quantitative estimate of drug-likeness (QED) is 0.719. The molecule has 2 aliphatic rings. The lowest BCUT2D eigenvalue weighted by Gasteiger charge is -2.49. The maximum absolute atomic E-state index is 12.9. The fourth-order valence-electron chi connectivity index (χ4n) is 3.12. The van der Waals surface area contributed by atoms with E-state index in [-0.39, 0.29) is 17.3 Å². The molecule has 0 aromatic carbocycles. The van der Waals surface area contributed by atoms with Gasteiger partial charge >= 0.3 is 6.18 Å². The first kappa shape index (κ1) is 16.9. The van der Waals surface area contributed by atoms with Crippen LogP contribution in [0.25, 0.3) is 0 Å². The van der Waals surface area contributed by atoms with Gasteiger partial charge in [0.2, 0.25) is 0 Å². The van der Waals surface area contributed by atoms with Crippen LogP contribution in [0.1, 0.15) is 26.5 Å². The van der Waals surface area contributed by atoms with E-state index < -0.39 is 17.9 Å². The molecule has 0 N–H and O–H groups in total. The van der Waals surface area contributed by atoms with Gasteiger partial charge in [-0.15, -0.1) is 0 Å². The van der Waals surface area contributed by atoms with E-state index in [9.17, 15) is 18.0 Å². The number of hydrogen-bond acceptors (Lipinski definition) is 5. The molecule has 3 rings (SSSR count). The Labute approximate surface area is 138 Å². The molecule has 2 aliphatic heterocycles. The van der Waals surface area contributed by atoms with Crippen molar-refractivity contribution in [2.75, 3.05) is 36.5 Å². The summed E-state index contributed by atoms with van der Waals surface area (Å²) in [6, 6.07) is -0.457. The van der Waals surface area contributed by atoms with Crippen molar-refractivity contribution in [3.05, 3.63) is 11.9 Å². The molecule has 1 aromatic rings. The minimum atomic E-state index is -4.59. The van der Waals surface area contributed by atoms with Crippen LogP contribution in [0.4, 0.5) is 24.8 Å².